The third-order valence-corrected chi connectivity index (χ3v) is 4.42. The van der Waals surface area contributed by atoms with Crippen molar-refractivity contribution in [3.63, 3.8) is 0 Å². The van der Waals surface area contributed by atoms with Crippen molar-refractivity contribution in [3.8, 4) is 0 Å². The van der Waals surface area contributed by atoms with Gasteiger partial charge in [-0.3, -0.25) is 4.90 Å². The summed E-state index contributed by atoms with van der Waals surface area (Å²) < 4.78 is 0. The van der Waals surface area contributed by atoms with Crippen molar-refractivity contribution in [1.29, 1.82) is 0 Å². The monoisotopic (exact) mass is 300 g/mol. The second-order valence-corrected chi connectivity index (χ2v) is 5.89. The van der Waals surface area contributed by atoms with Crippen LogP contribution in [0.5, 0.6) is 0 Å². The second-order valence-electron chi connectivity index (χ2n) is 5.89. The van der Waals surface area contributed by atoms with Crippen LogP contribution in [0.15, 0.2) is 30.6 Å². The number of hydrogen-bond acceptors (Lipinski definition) is 5. The molecule has 1 aromatic carbocycles. The first-order chi connectivity index (χ1) is 10.9. The first-order valence-corrected chi connectivity index (χ1v) is 8.17. The number of aromatic nitrogens is 2. The van der Waals surface area contributed by atoms with E-state index in [4.69, 9.17) is 0 Å². The third kappa shape index (κ3) is 3.54. The van der Waals surface area contributed by atoms with Crippen LogP contribution in [0.4, 0.5) is 5.82 Å². The molecule has 0 spiro atoms. The Morgan fingerprint density at radius 2 is 2.14 bits per heavy atom. The van der Waals surface area contributed by atoms with Gasteiger partial charge in [-0.15, -0.1) is 0 Å². The highest BCUT2D eigenvalue weighted by Crippen LogP contribution is 2.19. The summed E-state index contributed by atoms with van der Waals surface area (Å²) in [5, 5.41) is 13.8. The maximum absolute atomic E-state index is 9.32. The predicted octanol–water partition coefficient (Wildman–Crippen LogP) is 2.28. The van der Waals surface area contributed by atoms with E-state index in [1.165, 1.54) is 6.42 Å². The Balaban J connectivity index is 1.45. The lowest BCUT2D eigenvalue weighted by Gasteiger charge is -2.22. The highest BCUT2D eigenvalue weighted by atomic mass is 16.3. The van der Waals surface area contributed by atoms with Crippen LogP contribution in [0.2, 0.25) is 0 Å². The number of unbranched alkanes of at least 4 members (excludes halogenated alkanes) is 1. The van der Waals surface area contributed by atoms with Gasteiger partial charge in [0.1, 0.15) is 12.1 Å². The number of nitrogens with one attached hydrogen (secondary N) is 1. The second kappa shape index (κ2) is 7.51. The molecule has 118 valence electrons. The predicted molar refractivity (Wildman–Crippen MR) is 88.9 cm³/mol. The maximum Gasteiger partial charge on any atom is 0.137 e. The molecule has 0 aliphatic carbocycles. The number of para-hydroxylation sites is 1. The molecule has 3 rings (SSSR count). The number of fused-ring (bicyclic) bond motifs is 1. The summed E-state index contributed by atoms with van der Waals surface area (Å²) in [5.41, 5.74) is 0.975. The molecule has 5 nitrogen and oxygen atoms in total. The third-order valence-electron chi connectivity index (χ3n) is 4.42. The molecule has 1 atom stereocenters. The quantitative estimate of drug-likeness (QED) is 0.768. The molecule has 0 radical (unpaired) electrons. The van der Waals surface area contributed by atoms with Gasteiger partial charge in [0.25, 0.3) is 0 Å². The van der Waals surface area contributed by atoms with Crippen molar-refractivity contribution in [2.75, 3.05) is 31.6 Å². The normalized spacial score (nSPS) is 18.9. The molecule has 1 aliphatic rings. The lowest BCUT2D eigenvalue weighted by molar-refractivity contribution is 0.157. The van der Waals surface area contributed by atoms with Crippen LogP contribution < -0.4 is 5.32 Å². The molecule has 0 amide bonds. The molecule has 5 heteroatoms. The lowest BCUT2D eigenvalue weighted by Crippen LogP contribution is -2.33. The fraction of sp³-hybridized carbons (Fsp3) is 0.529. The smallest absolute Gasteiger partial charge is 0.137 e. The Bertz CT molecular complexity index is 599. The number of likely N-dealkylation sites (tertiary alicyclic amines) is 1. The van der Waals surface area contributed by atoms with Crippen LogP contribution >= 0.6 is 0 Å². The van der Waals surface area contributed by atoms with E-state index >= 15 is 0 Å². The molecule has 0 bridgehead atoms. The molecule has 1 aliphatic heterocycles. The number of nitrogens with zero attached hydrogens (tertiary/aromatic N) is 3. The molecule has 1 saturated heterocycles. The topological polar surface area (TPSA) is 61.3 Å². The van der Waals surface area contributed by atoms with E-state index in [0.29, 0.717) is 12.6 Å². The molecular weight excluding hydrogens is 276 g/mol. The molecule has 2 N–H and O–H groups in total. The van der Waals surface area contributed by atoms with Gasteiger partial charge in [-0.2, -0.15) is 0 Å². The van der Waals surface area contributed by atoms with Crippen LogP contribution in [0.1, 0.15) is 25.7 Å². The summed E-state index contributed by atoms with van der Waals surface area (Å²) in [6.45, 7) is 3.43. The Labute approximate surface area is 131 Å². The standard InChI is InChI=1S/C17H24N4O/c22-12-14-6-5-11-21(14)10-4-3-9-18-17-15-7-1-2-8-16(15)19-13-20-17/h1-2,7-8,13-14,22H,3-6,9-12H2,(H,18,19,20)/t14-/m0/s1. The number of benzene rings is 1. The summed E-state index contributed by atoms with van der Waals surface area (Å²) in [5.74, 6) is 0.917. The van der Waals surface area contributed by atoms with Crippen molar-refractivity contribution in [2.24, 2.45) is 0 Å². The Morgan fingerprint density at radius 1 is 1.23 bits per heavy atom. The van der Waals surface area contributed by atoms with Crippen LogP contribution in [-0.2, 0) is 0 Å². The zero-order valence-corrected chi connectivity index (χ0v) is 12.9. The summed E-state index contributed by atoms with van der Waals surface area (Å²) in [7, 11) is 0. The number of rotatable bonds is 7. The fourth-order valence-electron chi connectivity index (χ4n) is 3.19. The van der Waals surface area contributed by atoms with Gasteiger partial charge in [-0.25, -0.2) is 9.97 Å². The average Bonchev–Trinajstić information content (AvgIpc) is 3.02. The lowest BCUT2D eigenvalue weighted by atomic mass is 10.2. The number of hydrogen-bond donors (Lipinski definition) is 2. The van der Waals surface area contributed by atoms with E-state index in [2.05, 4.69) is 20.2 Å². The minimum absolute atomic E-state index is 0.297. The molecule has 1 aromatic heterocycles. The maximum atomic E-state index is 9.32. The van der Waals surface area contributed by atoms with Crippen molar-refractivity contribution in [1.82, 2.24) is 14.9 Å². The summed E-state index contributed by atoms with van der Waals surface area (Å²) >= 11 is 0. The minimum Gasteiger partial charge on any atom is -0.395 e. The zero-order chi connectivity index (χ0) is 15.2. The van der Waals surface area contributed by atoms with E-state index in [-0.39, 0.29) is 0 Å². The van der Waals surface area contributed by atoms with Gasteiger partial charge < -0.3 is 10.4 Å². The molecule has 0 saturated carbocycles. The summed E-state index contributed by atoms with van der Waals surface area (Å²) in [6, 6.07) is 8.45. The van der Waals surface area contributed by atoms with Crippen LogP contribution in [-0.4, -0.2) is 52.3 Å². The highest BCUT2D eigenvalue weighted by molar-refractivity contribution is 5.88. The van der Waals surface area contributed by atoms with Crippen molar-refractivity contribution in [3.05, 3.63) is 30.6 Å². The van der Waals surface area contributed by atoms with E-state index in [1.54, 1.807) is 6.33 Å². The molecular formula is C17H24N4O. The largest absolute Gasteiger partial charge is 0.395 e. The highest BCUT2D eigenvalue weighted by Gasteiger charge is 2.22. The van der Waals surface area contributed by atoms with Crippen LogP contribution in [0.25, 0.3) is 10.9 Å². The SMILES string of the molecule is OC[C@@H]1CCCN1CCCCNc1ncnc2ccccc12. The van der Waals surface area contributed by atoms with E-state index < -0.39 is 0 Å². The fourth-order valence-corrected chi connectivity index (χ4v) is 3.19. The van der Waals surface area contributed by atoms with Crippen molar-refractivity contribution >= 4 is 16.7 Å². The van der Waals surface area contributed by atoms with Crippen molar-refractivity contribution in [2.45, 2.75) is 31.7 Å². The van der Waals surface area contributed by atoms with Gasteiger partial charge in [-0.1, -0.05) is 12.1 Å². The van der Waals surface area contributed by atoms with Gasteiger partial charge >= 0.3 is 0 Å². The number of anilines is 1. The van der Waals surface area contributed by atoms with Gasteiger partial charge in [0.2, 0.25) is 0 Å². The molecule has 2 aromatic rings. The molecule has 1 fully saturated rings. The number of aliphatic hydroxyl groups excluding tert-OH is 1. The van der Waals surface area contributed by atoms with Gasteiger partial charge in [0.05, 0.1) is 12.1 Å². The minimum atomic E-state index is 0.297. The Hall–Kier alpha value is -1.72. The number of aliphatic hydroxyl groups is 1. The summed E-state index contributed by atoms with van der Waals surface area (Å²) in [4.78, 5) is 11.0. The van der Waals surface area contributed by atoms with Gasteiger partial charge in [0.15, 0.2) is 0 Å². The van der Waals surface area contributed by atoms with Crippen LogP contribution in [0, 0.1) is 0 Å². The first kappa shape index (κ1) is 15.2. The average molecular weight is 300 g/mol. The molecule has 22 heavy (non-hydrogen) atoms. The first-order valence-electron chi connectivity index (χ1n) is 8.17. The van der Waals surface area contributed by atoms with Crippen LogP contribution in [0.3, 0.4) is 0 Å². The van der Waals surface area contributed by atoms with Gasteiger partial charge in [0, 0.05) is 18.0 Å². The Kier molecular flexibility index (Phi) is 5.19. The molecule has 2 heterocycles. The van der Waals surface area contributed by atoms with E-state index in [1.807, 2.05) is 24.3 Å². The zero-order valence-electron chi connectivity index (χ0n) is 12.9. The van der Waals surface area contributed by atoms with E-state index in [9.17, 15) is 5.11 Å². The summed E-state index contributed by atoms with van der Waals surface area (Å²) in [6.07, 6.45) is 6.22. The van der Waals surface area contributed by atoms with Crippen molar-refractivity contribution < 1.29 is 5.11 Å². The Morgan fingerprint density at radius 3 is 3.05 bits per heavy atom. The molecule has 0 unspecified atom stereocenters. The van der Waals surface area contributed by atoms with E-state index in [0.717, 1.165) is 55.6 Å². The van der Waals surface area contributed by atoms with Gasteiger partial charge in [-0.05, 0) is 50.9 Å².